The molecule has 0 radical (unpaired) electrons. The third-order valence-electron chi connectivity index (χ3n) is 7.07. The quantitative estimate of drug-likeness (QED) is 0.585. The van der Waals surface area contributed by atoms with Crippen LogP contribution in [0.1, 0.15) is 58.0 Å². The molecular formula is C29H37N3O3. The number of nitrogens with one attached hydrogen (secondary N) is 2. The van der Waals surface area contributed by atoms with Crippen LogP contribution in [0.15, 0.2) is 36.4 Å². The summed E-state index contributed by atoms with van der Waals surface area (Å²) in [6.45, 7) is 12.9. The van der Waals surface area contributed by atoms with Gasteiger partial charge in [0, 0.05) is 54.6 Å². The Morgan fingerprint density at radius 1 is 1.14 bits per heavy atom. The molecule has 35 heavy (non-hydrogen) atoms. The summed E-state index contributed by atoms with van der Waals surface area (Å²) in [6, 6.07) is 11.4. The molecule has 1 unspecified atom stereocenters. The molecule has 2 aliphatic rings. The van der Waals surface area contributed by atoms with Crippen LogP contribution < -0.4 is 21.1 Å². The number of nitrogens with zero attached hydrogens (tertiary/aromatic N) is 1. The zero-order valence-electron chi connectivity index (χ0n) is 21.1. The Bertz CT molecular complexity index is 1160. The van der Waals surface area contributed by atoms with Gasteiger partial charge in [-0.25, -0.2) is 0 Å². The normalized spacial score (nSPS) is 17.5. The molecule has 2 aromatic carbocycles. The Kier molecular flexibility index (Phi) is 7.91. The summed E-state index contributed by atoms with van der Waals surface area (Å²) < 4.78 is 5.92. The number of benzene rings is 2. The first kappa shape index (κ1) is 25.0. The van der Waals surface area contributed by atoms with E-state index in [0.29, 0.717) is 24.1 Å². The van der Waals surface area contributed by atoms with Gasteiger partial charge in [0.2, 0.25) is 0 Å². The van der Waals surface area contributed by atoms with Crippen molar-refractivity contribution in [1.82, 2.24) is 15.5 Å². The molecule has 186 valence electrons. The van der Waals surface area contributed by atoms with E-state index >= 15 is 0 Å². The fourth-order valence-electron chi connectivity index (χ4n) is 4.52. The van der Waals surface area contributed by atoms with Crippen LogP contribution in [0.25, 0.3) is 12.8 Å². The highest BCUT2D eigenvalue weighted by molar-refractivity contribution is 5.96. The molecule has 0 bridgehead atoms. The molecule has 2 aromatic rings. The molecule has 2 fully saturated rings. The number of hydrogen-bond acceptors (Lipinski definition) is 4. The molecular weight excluding hydrogens is 438 g/mol. The van der Waals surface area contributed by atoms with Crippen molar-refractivity contribution in [1.29, 1.82) is 0 Å². The number of carbonyl (C=O) groups excluding carboxylic acids is 2. The zero-order chi connectivity index (χ0) is 24.9. The molecule has 1 atom stereocenters. The molecule has 6 nitrogen and oxygen atoms in total. The van der Waals surface area contributed by atoms with Gasteiger partial charge in [-0.1, -0.05) is 30.3 Å². The minimum Gasteiger partial charge on any atom is -0.390 e. The zero-order valence-corrected chi connectivity index (χ0v) is 21.1. The number of aryl methyl sites for hydroxylation is 1. The average molecular weight is 476 g/mol. The highest BCUT2D eigenvalue weighted by Crippen LogP contribution is 2.23. The number of ether oxygens (including phenoxy) is 1. The van der Waals surface area contributed by atoms with E-state index < -0.39 is 0 Å². The Morgan fingerprint density at radius 3 is 2.51 bits per heavy atom. The van der Waals surface area contributed by atoms with Crippen molar-refractivity contribution in [3.63, 3.8) is 0 Å². The van der Waals surface area contributed by atoms with Gasteiger partial charge in [-0.15, -0.1) is 0 Å². The highest BCUT2D eigenvalue weighted by atomic mass is 16.5. The van der Waals surface area contributed by atoms with Gasteiger partial charge in [0.1, 0.15) is 0 Å². The van der Waals surface area contributed by atoms with Gasteiger partial charge in [-0.2, -0.15) is 0 Å². The van der Waals surface area contributed by atoms with Crippen molar-refractivity contribution in [2.24, 2.45) is 5.92 Å². The van der Waals surface area contributed by atoms with Crippen LogP contribution in [-0.4, -0.2) is 55.1 Å². The minimum atomic E-state index is -0.0922. The number of carbonyl (C=O) groups is 2. The molecule has 0 aromatic heterocycles. The maximum Gasteiger partial charge on any atom is 0.253 e. The second-order valence-corrected chi connectivity index (χ2v) is 10.0. The van der Waals surface area contributed by atoms with Crippen LogP contribution in [0.2, 0.25) is 0 Å². The lowest BCUT2D eigenvalue weighted by Crippen LogP contribution is -2.53. The molecule has 1 heterocycles. The summed E-state index contributed by atoms with van der Waals surface area (Å²) in [6.07, 6.45) is 5.78. The van der Waals surface area contributed by atoms with Gasteiger partial charge in [-0.3, -0.25) is 9.59 Å². The standard InChI is InChI=1S/C29H37N3O3/c1-19-8-11-24(12-9-19)29(34)32-17-23(18-32)15-30-16-27-20(2)10-13-26(22(27)4)28(33)31-14-21(3)35-25-6-5-7-25/h8-13,16,21,23,25,30H,2,5-7,14-15,17-18H2,1,3-4H3,(H,31,33)/b27-16+. The van der Waals surface area contributed by atoms with Crippen LogP contribution >= 0.6 is 0 Å². The maximum atomic E-state index is 12.8. The van der Waals surface area contributed by atoms with E-state index in [9.17, 15) is 9.59 Å². The van der Waals surface area contributed by atoms with Crippen LogP contribution in [0.5, 0.6) is 0 Å². The number of hydrogen-bond donors (Lipinski definition) is 2. The second-order valence-electron chi connectivity index (χ2n) is 10.0. The molecule has 1 saturated carbocycles. The number of amides is 2. The lowest BCUT2D eigenvalue weighted by atomic mass is 9.96. The fraction of sp³-hybridized carbons (Fsp3) is 0.448. The van der Waals surface area contributed by atoms with Crippen LogP contribution in [0.3, 0.4) is 0 Å². The van der Waals surface area contributed by atoms with Crippen molar-refractivity contribution in [2.75, 3.05) is 26.2 Å². The smallest absolute Gasteiger partial charge is 0.253 e. The molecule has 6 heteroatoms. The number of likely N-dealkylation sites (tertiary alicyclic amines) is 1. The first-order valence-corrected chi connectivity index (χ1v) is 12.6. The SMILES string of the molecule is C=c1ccc(C(=O)NCC(C)OC2CCC2)c(C)/c1=C/NCC1CN(C(=O)c2ccc(C)cc2)C1. The third kappa shape index (κ3) is 6.12. The summed E-state index contributed by atoms with van der Waals surface area (Å²) in [5.74, 6) is 0.399. The highest BCUT2D eigenvalue weighted by Gasteiger charge is 2.30. The predicted octanol–water partition coefficient (Wildman–Crippen LogP) is 2.50. The first-order valence-electron chi connectivity index (χ1n) is 12.6. The second kappa shape index (κ2) is 11.1. The van der Waals surface area contributed by atoms with E-state index in [2.05, 4.69) is 17.2 Å². The first-order chi connectivity index (χ1) is 16.8. The summed E-state index contributed by atoms with van der Waals surface area (Å²) in [5, 5.41) is 8.20. The van der Waals surface area contributed by atoms with Gasteiger partial charge in [0.05, 0.1) is 12.2 Å². The molecule has 2 amide bonds. The maximum absolute atomic E-state index is 12.8. The summed E-state index contributed by atoms with van der Waals surface area (Å²) >= 11 is 0. The predicted molar refractivity (Wildman–Crippen MR) is 140 cm³/mol. The Labute approximate surface area is 208 Å². The Hall–Kier alpha value is -3.12. The van der Waals surface area contributed by atoms with Crippen LogP contribution in [-0.2, 0) is 4.74 Å². The van der Waals surface area contributed by atoms with Crippen molar-refractivity contribution < 1.29 is 14.3 Å². The molecule has 1 saturated heterocycles. The summed E-state index contributed by atoms with van der Waals surface area (Å²) in [5.41, 5.74) is 3.45. The third-order valence-corrected chi connectivity index (χ3v) is 7.07. The molecule has 2 N–H and O–H groups in total. The van der Waals surface area contributed by atoms with E-state index in [0.717, 1.165) is 59.6 Å². The molecule has 4 rings (SSSR count). The molecule has 0 spiro atoms. The van der Waals surface area contributed by atoms with Gasteiger partial charge in [-0.05, 0) is 69.0 Å². The lowest BCUT2D eigenvalue weighted by molar-refractivity contribution is -0.0412. The average Bonchev–Trinajstić information content (AvgIpc) is 2.78. The van der Waals surface area contributed by atoms with Crippen LogP contribution in [0.4, 0.5) is 0 Å². The monoisotopic (exact) mass is 475 g/mol. The Balaban J connectivity index is 1.29. The van der Waals surface area contributed by atoms with Gasteiger partial charge in [0.15, 0.2) is 0 Å². The van der Waals surface area contributed by atoms with Crippen molar-refractivity contribution >= 4 is 24.6 Å². The summed E-state index contributed by atoms with van der Waals surface area (Å²) in [4.78, 5) is 27.3. The van der Waals surface area contributed by atoms with E-state index in [-0.39, 0.29) is 17.9 Å². The van der Waals surface area contributed by atoms with Gasteiger partial charge >= 0.3 is 0 Å². The Morgan fingerprint density at radius 2 is 1.86 bits per heavy atom. The van der Waals surface area contributed by atoms with Gasteiger partial charge < -0.3 is 20.3 Å². The number of rotatable bonds is 9. The van der Waals surface area contributed by atoms with E-state index in [1.54, 1.807) is 0 Å². The lowest BCUT2D eigenvalue weighted by Gasteiger charge is -2.39. The van der Waals surface area contributed by atoms with Crippen molar-refractivity contribution in [2.45, 2.75) is 52.2 Å². The molecule has 1 aliphatic carbocycles. The van der Waals surface area contributed by atoms with E-state index in [1.165, 1.54) is 6.42 Å². The van der Waals surface area contributed by atoms with E-state index in [4.69, 9.17) is 4.74 Å². The van der Waals surface area contributed by atoms with E-state index in [1.807, 2.05) is 68.3 Å². The largest absolute Gasteiger partial charge is 0.390 e. The summed E-state index contributed by atoms with van der Waals surface area (Å²) in [7, 11) is 0. The van der Waals surface area contributed by atoms with Crippen molar-refractivity contribution in [3.8, 4) is 0 Å². The fourth-order valence-corrected chi connectivity index (χ4v) is 4.52. The van der Waals surface area contributed by atoms with Gasteiger partial charge in [0.25, 0.3) is 11.8 Å². The topological polar surface area (TPSA) is 70.7 Å². The minimum absolute atomic E-state index is 0.00398. The molecule has 1 aliphatic heterocycles. The van der Waals surface area contributed by atoms with Crippen LogP contribution in [0, 0.1) is 19.8 Å². The van der Waals surface area contributed by atoms with Crippen molar-refractivity contribution in [3.05, 3.63) is 69.1 Å².